The lowest BCUT2D eigenvalue weighted by atomic mass is 10.1. The summed E-state index contributed by atoms with van der Waals surface area (Å²) in [5.74, 6) is 0.436. The van der Waals surface area contributed by atoms with E-state index in [-0.39, 0.29) is 0 Å². The van der Waals surface area contributed by atoms with E-state index >= 15 is 0 Å². The predicted molar refractivity (Wildman–Crippen MR) is 59.1 cm³/mol. The molecule has 0 aliphatic carbocycles. The molecular weight excluding hydrogens is 223 g/mol. The fourth-order valence-electron chi connectivity index (χ4n) is 0.795. The number of allylic oxidation sites excluding steroid dienone is 2. The maximum Gasteiger partial charge on any atom is 0.431 e. The molecule has 1 unspecified atom stereocenters. The largest absolute Gasteiger partial charge is 0.431 e. The Hall–Kier alpha value is -0.580. The molecule has 0 heterocycles. The average Bonchev–Trinajstić information content (AvgIpc) is 2.12. The van der Waals surface area contributed by atoms with E-state index in [1.165, 1.54) is 0 Å². The Morgan fingerprint density at radius 2 is 2.07 bits per heavy atom. The summed E-state index contributed by atoms with van der Waals surface area (Å²) in [7, 11) is 0. The minimum absolute atomic E-state index is 0.436. The molecule has 2 N–H and O–H groups in total. The van der Waals surface area contributed by atoms with Gasteiger partial charge in [0.25, 0.3) is 0 Å². The summed E-state index contributed by atoms with van der Waals surface area (Å²) < 4.78 is 36.0. The summed E-state index contributed by atoms with van der Waals surface area (Å²) in [6.45, 7) is 7.75. The highest BCUT2D eigenvalue weighted by atomic mass is 32.2. The summed E-state index contributed by atoms with van der Waals surface area (Å²) in [4.78, 5) is 0.705. The quantitative estimate of drug-likeness (QED) is 0.783. The van der Waals surface area contributed by atoms with Crippen molar-refractivity contribution in [2.75, 3.05) is 0 Å². The minimum atomic E-state index is -4.44. The molecule has 0 spiro atoms. The normalized spacial score (nSPS) is 15.1. The van der Waals surface area contributed by atoms with Crippen LogP contribution in [0.3, 0.4) is 0 Å². The molecule has 0 aromatic heterocycles. The molecule has 0 saturated heterocycles. The number of nitrogens with two attached hydrogens (primary N) is 1. The number of hydrogen-bond donors (Lipinski definition) is 1. The molecule has 88 valence electrons. The highest BCUT2D eigenvalue weighted by Crippen LogP contribution is 2.29. The third-order valence-corrected chi connectivity index (χ3v) is 2.82. The van der Waals surface area contributed by atoms with Gasteiger partial charge in [-0.25, -0.2) is 0 Å². The first-order chi connectivity index (χ1) is 6.77. The Morgan fingerprint density at radius 1 is 1.53 bits per heavy atom. The van der Waals surface area contributed by atoms with E-state index in [0.29, 0.717) is 17.2 Å². The molecule has 0 amide bonds. The van der Waals surface area contributed by atoms with Gasteiger partial charge in [-0.15, -0.1) is 11.8 Å². The lowest BCUT2D eigenvalue weighted by Crippen LogP contribution is -2.18. The van der Waals surface area contributed by atoms with Crippen molar-refractivity contribution in [3.63, 3.8) is 0 Å². The van der Waals surface area contributed by atoms with E-state index in [2.05, 4.69) is 6.58 Å². The van der Waals surface area contributed by atoms with Crippen LogP contribution in [0.5, 0.6) is 0 Å². The highest BCUT2D eigenvalue weighted by molar-refractivity contribution is 8.05. The van der Waals surface area contributed by atoms with Gasteiger partial charge in [-0.1, -0.05) is 26.8 Å². The molecule has 0 fully saturated rings. The summed E-state index contributed by atoms with van der Waals surface area (Å²) in [5, 5.41) is 0.907. The second-order valence-electron chi connectivity index (χ2n) is 3.45. The smallest absolute Gasteiger partial charge is 0.394 e. The second kappa shape index (κ2) is 6.10. The average molecular weight is 239 g/mol. The first-order valence-corrected chi connectivity index (χ1v) is 5.52. The molecular formula is C10H16F3NS. The van der Waals surface area contributed by atoms with Gasteiger partial charge in [0.2, 0.25) is 0 Å². The van der Waals surface area contributed by atoms with Crippen LogP contribution in [-0.4, -0.2) is 6.18 Å². The Kier molecular flexibility index (Phi) is 5.87. The fraction of sp³-hybridized carbons (Fsp3) is 0.600. The van der Waals surface area contributed by atoms with Crippen molar-refractivity contribution in [2.45, 2.75) is 32.9 Å². The third-order valence-electron chi connectivity index (χ3n) is 1.95. The van der Waals surface area contributed by atoms with Crippen LogP contribution in [0, 0.1) is 5.92 Å². The lowest BCUT2D eigenvalue weighted by molar-refractivity contribution is -0.0924. The topological polar surface area (TPSA) is 26.0 Å². The van der Waals surface area contributed by atoms with Gasteiger partial charge in [-0.3, -0.25) is 0 Å². The van der Waals surface area contributed by atoms with Crippen molar-refractivity contribution >= 4 is 11.8 Å². The molecule has 0 aromatic rings. The molecule has 0 rings (SSSR count). The van der Waals surface area contributed by atoms with Gasteiger partial charge in [-0.2, -0.15) is 13.2 Å². The van der Waals surface area contributed by atoms with Gasteiger partial charge < -0.3 is 5.73 Å². The molecule has 0 aliphatic rings. The molecule has 0 aromatic carbocycles. The zero-order valence-corrected chi connectivity index (χ0v) is 9.71. The summed E-state index contributed by atoms with van der Waals surface area (Å²) >= 11 is 0.954. The number of halogens is 3. The van der Waals surface area contributed by atoms with Crippen molar-refractivity contribution in [1.82, 2.24) is 0 Å². The SMILES string of the molecule is C=C(CC(C)CC)S/C=C(\N)C(F)(F)F. The third kappa shape index (κ3) is 6.49. The van der Waals surface area contributed by atoms with Gasteiger partial charge >= 0.3 is 6.18 Å². The van der Waals surface area contributed by atoms with Gasteiger partial charge in [0.1, 0.15) is 5.70 Å². The maximum atomic E-state index is 12.0. The summed E-state index contributed by atoms with van der Waals surface area (Å²) in [6, 6.07) is 0. The first kappa shape index (κ1) is 14.4. The van der Waals surface area contributed by atoms with Crippen LogP contribution in [0.4, 0.5) is 13.2 Å². The number of rotatable bonds is 5. The number of alkyl halides is 3. The van der Waals surface area contributed by atoms with E-state index in [9.17, 15) is 13.2 Å². The summed E-state index contributed by atoms with van der Waals surface area (Å²) in [6.07, 6.45) is -2.75. The van der Waals surface area contributed by atoms with Crippen LogP contribution in [0.25, 0.3) is 0 Å². The molecule has 0 aliphatic heterocycles. The lowest BCUT2D eigenvalue weighted by Gasteiger charge is -2.10. The zero-order valence-electron chi connectivity index (χ0n) is 8.90. The maximum absolute atomic E-state index is 12.0. The number of thioether (sulfide) groups is 1. The van der Waals surface area contributed by atoms with Gasteiger partial charge in [-0.05, 0) is 17.2 Å². The van der Waals surface area contributed by atoms with Crippen molar-refractivity contribution in [2.24, 2.45) is 11.7 Å². The van der Waals surface area contributed by atoms with Crippen LogP contribution in [0.15, 0.2) is 22.6 Å². The first-order valence-electron chi connectivity index (χ1n) is 4.64. The molecule has 1 nitrogen and oxygen atoms in total. The van der Waals surface area contributed by atoms with Crippen molar-refractivity contribution in [1.29, 1.82) is 0 Å². The Balaban J connectivity index is 4.10. The highest BCUT2D eigenvalue weighted by Gasteiger charge is 2.31. The van der Waals surface area contributed by atoms with Gasteiger partial charge in [0.05, 0.1) is 0 Å². The molecule has 15 heavy (non-hydrogen) atoms. The standard InChI is InChI=1S/C10H16F3NS/c1-4-7(2)5-8(3)15-6-9(14)10(11,12)13/h6-7H,3-5,14H2,1-2H3/b9-6-. The Morgan fingerprint density at radius 3 is 2.47 bits per heavy atom. The molecule has 0 bridgehead atoms. The van der Waals surface area contributed by atoms with Crippen molar-refractivity contribution < 1.29 is 13.2 Å². The van der Waals surface area contributed by atoms with E-state index < -0.39 is 11.9 Å². The van der Waals surface area contributed by atoms with E-state index in [1.54, 1.807) is 0 Å². The Bertz CT molecular complexity index is 246. The minimum Gasteiger partial charge on any atom is -0.394 e. The molecule has 1 atom stereocenters. The molecule has 0 saturated carbocycles. The van der Waals surface area contributed by atoms with Crippen molar-refractivity contribution in [3.05, 3.63) is 22.6 Å². The predicted octanol–water partition coefficient (Wildman–Crippen LogP) is 4.03. The molecule has 5 heteroatoms. The van der Waals surface area contributed by atoms with Crippen LogP contribution in [0.1, 0.15) is 26.7 Å². The van der Waals surface area contributed by atoms with Crippen molar-refractivity contribution in [3.8, 4) is 0 Å². The van der Waals surface area contributed by atoms with Crippen LogP contribution in [0.2, 0.25) is 0 Å². The Labute approximate surface area is 92.6 Å². The number of hydrogen-bond acceptors (Lipinski definition) is 2. The van der Waals surface area contributed by atoms with E-state index in [4.69, 9.17) is 5.73 Å². The van der Waals surface area contributed by atoms with Crippen LogP contribution >= 0.6 is 11.8 Å². The monoisotopic (exact) mass is 239 g/mol. The van der Waals surface area contributed by atoms with Gasteiger partial charge in [0, 0.05) is 5.41 Å². The van der Waals surface area contributed by atoms with Crippen LogP contribution < -0.4 is 5.73 Å². The van der Waals surface area contributed by atoms with E-state index in [0.717, 1.165) is 23.6 Å². The molecule has 0 radical (unpaired) electrons. The van der Waals surface area contributed by atoms with Crippen LogP contribution in [-0.2, 0) is 0 Å². The zero-order chi connectivity index (χ0) is 12.1. The summed E-state index contributed by atoms with van der Waals surface area (Å²) in [5.41, 5.74) is 3.77. The van der Waals surface area contributed by atoms with E-state index in [1.807, 2.05) is 13.8 Å². The van der Waals surface area contributed by atoms with Gasteiger partial charge in [0.15, 0.2) is 0 Å². The second-order valence-corrected chi connectivity index (χ2v) is 4.49. The fourth-order valence-corrected chi connectivity index (χ4v) is 1.60.